The van der Waals surface area contributed by atoms with Crippen LogP contribution in [-0.2, 0) is 0 Å². The second-order valence-corrected chi connectivity index (χ2v) is 23.5. The molecule has 414 valence electrons. The van der Waals surface area contributed by atoms with Crippen LogP contribution in [0.4, 0.5) is 85.3 Å². The zero-order valence-electron chi connectivity index (χ0n) is 48.2. The zero-order valence-corrected chi connectivity index (χ0v) is 48.2. The average Bonchev–Trinajstić information content (AvgIpc) is 1.68. The van der Waals surface area contributed by atoms with Crippen molar-refractivity contribution >= 4 is 165 Å². The Kier molecular flexibility index (Phi) is 10.8. The lowest BCUT2D eigenvalue weighted by atomic mass is 9.32. The van der Waals surface area contributed by atoms with Gasteiger partial charge in [-0.15, -0.1) is 0 Å². The summed E-state index contributed by atoms with van der Waals surface area (Å²) in [6.07, 6.45) is 0. The summed E-state index contributed by atoms with van der Waals surface area (Å²) in [7, 11) is 0. The van der Waals surface area contributed by atoms with Gasteiger partial charge < -0.3 is 33.3 Å². The van der Waals surface area contributed by atoms with Gasteiger partial charge in [-0.25, -0.2) is 0 Å². The molecule has 0 unspecified atom stereocenters. The average molecular weight is 1140 g/mol. The van der Waals surface area contributed by atoms with Crippen molar-refractivity contribution in [3.63, 3.8) is 0 Å². The van der Waals surface area contributed by atoms with Crippen LogP contribution >= 0.6 is 0 Å². The highest BCUT2D eigenvalue weighted by Gasteiger charge is 2.52. The Morgan fingerprint density at radius 2 is 0.652 bits per heavy atom. The minimum atomic E-state index is -0.363. The largest absolute Gasteiger partial charge is 0.468 e. The molecule has 0 N–H and O–H groups in total. The highest BCUT2D eigenvalue weighted by molar-refractivity contribution is 7.02. The number of hydrogen-bond acceptors (Lipinski definition) is 7. The van der Waals surface area contributed by atoms with Crippen LogP contribution < -0.4 is 57.7 Å². The molecule has 2 aromatic heterocycles. The molecule has 7 nitrogen and oxygen atoms in total. The molecule has 0 saturated carbocycles. The molecule has 19 rings (SSSR count). The fraction of sp³-hybridized carbons (Fsp3) is 0. The molecular weight excluding hydrogens is 1080 g/mol. The number of rotatable bonds is 8. The quantitative estimate of drug-likeness (QED) is 0.140. The summed E-state index contributed by atoms with van der Waals surface area (Å²) < 4.78 is 15.0. The zero-order chi connectivity index (χ0) is 58.3. The summed E-state index contributed by atoms with van der Waals surface area (Å²) >= 11 is 0. The molecule has 0 spiro atoms. The van der Waals surface area contributed by atoms with Crippen LogP contribution in [-0.4, -0.2) is 13.4 Å². The molecule has 0 fully saturated rings. The number of nitrogens with zero attached hydrogens (tertiary/aromatic N) is 5. The van der Waals surface area contributed by atoms with E-state index in [1.807, 2.05) is 0 Å². The topological polar surface area (TPSA) is 42.5 Å². The highest BCUT2D eigenvalue weighted by atomic mass is 16.3. The van der Waals surface area contributed by atoms with Crippen molar-refractivity contribution in [1.82, 2.24) is 0 Å². The van der Waals surface area contributed by atoms with Crippen molar-refractivity contribution in [2.45, 2.75) is 0 Å². The third-order valence-electron chi connectivity index (χ3n) is 18.7. The van der Waals surface area contributed by atoms with Crippen LogP contribution in [0.3, 0.4) is 0 Å². The third-order valence-corrected chi connectivity index (χ3v) is 18.7. The summed E-state index contributed by atoms with van der Waals surface area (Å²) in [5.41, 5.74) is 26.2. The molecule has 4 aliphatic heterocycles. The smallest absolute Gasteiger partial charge is 0.297 e. The molecule has 0 saturated heterocycles. The molecule has 4 aliphatic rings. The molecule has 0 aliphatic carbocycles. The van der Waals surface area contributed by atoms with Crippen LogP contribution in [0.15, 0.2) is 318 Å². The Morgan fingerprint density at radius 3 is 1.13 bits per heavy atom. The molecule has 0 radical (unpaired) electrons. The first-order valence-corrected chi connectivity index (χ1v) is 30.6. The fourth-order valence-corrected chi connectivity index (χ4v) is 15.1. The second kappa shape index (κ2) is 19.4. The Bertz CT molecular complexity index is 5270. The molecule has 0 atom stereocenters. The lowest BCUT2D eigenvalue weighted by Crippen LogP contribution is -2.65. The van der Waals surface area contributed by atoms with Gasteiger partial charge in [0.1, 0.15) is 11.2 Å². The van der Waals surface area contributed by atoms with Crippen molar-refractivity contribution < 1.29 is 8.83 Å². The van der Waals surface area contributed by atoms with Crippen molar-refractivity contribution in [2.75, 3.05) is 24.5 Å². The van der Waals surface area contributed by atoms with E-state index in [0.717, 1.165) is 141 Å². The predicted octanol–water partition coefficient (Wildman–Crippen LogP) is 17.6. The van der Waals surface area contributed by atoms with E-state index in [0.29, 0.717) is 0 Å². The lowest BCUT2D eigenvalue weighted by molar-refractivity contribution is 0.651. The third kappa shape index (κ3) is 7.36. The van der Waals surface area contributed by atoms with Gasteiger partial charge in [0.05, 0.1) is 28.4 Å². The molecule has 15 aromatic rings. The number of hydrogen-bond donors (Lipinski definition) is 0. The minimum absolute atomic E-state index is 0.345. The van der Waals surface area contributed by atoms with Crippen LogP contribution in [0.25, 0.3) is 43.8 Å². The number of anilines is 15. The van der Waals surface area contributed by atoms with Gasteiger partial charge >= 0.3 is 0 Å². The van der Waals surface area contributed by atoms with Crippen molar-refractivity contribution in [2.24, 2.45) is 0 Å². The molecule has 89 heavy (non-hydrogen) atoms. The summed E-state index contributed by atoms with van der Waals surface area (Å²) in [5.74, 6) is 0. The van der Waals surface area contributed by atoms with Crippen LogP contribution in [0.5, 0.6) is 0 Å². The van der Waals surface area contributed by atoms with E-state index in [2.05, 4.69) is 334 Å². The van der Waals surface area contributed by atoms with Gasteiger partial charge in [0.2, 0.25) is 0 Å². The first-order valence-electron chi connectivity index (χ1n) is 30.6. The Hall–Kier alpha value is -11.7. The van der Waals surface area contributed by atoms with E-state index in [-0.39, 0.29) is 13.4 Å². The maximum Gasteiger partial charge on any atom is 0.297 e. The van der Waals surface area contributed by atoms with Gasteiger partial charge in [-0.3, -0.25) is 0 Å². The van der Waals surface area contributed by atoms with E-state index in [1.165, 1.54) is 21.8 Å². The fourth-order valence-electron chi connectivity index (χ4n) is 15.1. The first kappa shape index (κ1) is 49.6. The van der Waals surface area contributed by atoms with E-state index >= 15 is 0 Å². The molecule has 13 aromatic carbocycles. The molecule has 0 bridgehead atoms. The van der Waals surface area contributed by atoms with Gasteiger partial charge in [-0.05, 0) is 171 Å². The second-order valence-electron chi connectivity index (χ2n) is 23.5. The SMILES string of the molecule is c1ccc(N(c2ccccc2)c2cc3c4c(c2)N(c2ccccc2)c2c(oc5ccccc25)B4c2cc4c(cc2N3c2ccccc2)N(c2ccccc2)c2cc(-c3cccc5ccccc35)cc3c2B4c2oc4ccccc4c2N3c2ccccc2)cc1. The normalized spacial score (nSPS) is 13.3. The summed E-state index contributed by atoms with van der Waals surface area (Å²) in [6, 6.07) is 113. The Balaban J connectivity index is 0.964. The van der Waals surface area contributed by atoms with Crippen LogP contribution in [0.2, 0.25) is 0 Å². The van der Waals surface area contributed by atoms with Crippen molar-refractivity contribution in [1.29, 1.82) is 0 Å². The number of furan rings is 2. The molecular formula is C80H51B2N5O2. The van der Waals surface area contributed by atoms with Crippen LogP contribution in [0, 0.1) is 0 Å². The van der Waals surface area contributed by atoms with Crippen molar-refractivity contribution in [3.8, 4) is 11.1 Å². The van der Waals surface area contributed by atoms with Gasteiger partial charge in [-0.1, -0.05) is 182 Å². The molecule has 6 heterocycles. The predicted molar refractivity (Wildman–Crippen MR) is 372 cm³/mol. The minimum Gasteiger partial charge on any atom is -0.468 e. The monoisotopic (exact) mass is 1140 g/mol. The van der Waals surface area contributed by atoms with Gasteiger partial charge in [0, 0.05) is 79.0 Å². The molecule has 0 amide bonds. The highest BCUT2D eigenvalue weighted by Crippen LogP contribution is 2.53. The number of benzene rings is 13. The van der Waals surface area contributed by atoms with Gasteiger partial charge in [0.15, 0.2) is 0 Å². The summed E-state index contributed by atoms with van der Waals surface area (Å²) in [6.45, 7) is -0.708. The van der Waals surface area contributed by atoms with Gasteiger partial charge in [-0.2, -0.15) is 0 Å². The van der Waals surface area contributed by atoms with Crippen LogP contribution in [0.1, 0.15) is 0 Å². The van der Waals surface area contributed by atoms with E-state index in [4.69, 9.17) is 8.83 Å². The van der Waals surface area contributed by atoms with Gasteiger partial charge in [0.25, 0.3) is 13.4 Å². The van der Waals surface area contributed by atoms with E-state index in [1.54, 1.807) is 0 Å². The molecule has 9 heteroatoms. The van der Waals surface area contributed by atoms with Crippen molar-refractivity contribution in [3.05, 3.63) is 309 Å². The maximum absolute atomic E-state index is 7.52. The maximum atomic E-state index is 7.52. The van der Waals surface area contributed by atoms with E-state index < -0.39 is 0 Å². The van der Waals surface area contributed by atoms with E-state index in [9.17, 15) is 0 Å². The first-order chi connectivity index (χ1) is 44.2. The number of fused-ring (bicyclic) bond motifs is 13. The standard InChI is InChI=1S/C80H51B2N5O2/c1-7-28-54(29-8-1)83(55-30-9-2-10-31-55)60-48-71-76-72(49-60)87(59-38-17-6-18-39-59)78-64-42-22-24-45-74(64)89-80(78)82(76)66-50-65-67(51-68(66)85(71)57-34-13-4-14-35-57)84(56-32-11-3-12-33-56)69-46-53(62-43-25-27-52-26-19-20-40-61(52)62)47-70-75(69)81(65)79-77(63-41-21-23-44-73(63)88-79)86(70)58-36-15-5-16-37-58/h1-51H. The lowest BCUT2D eigenvalue weighted by Gasteiger charge is -2.46. The Labute approximate surface area is 515 Å². The Morgan fingerprint density at radius 1 is 0.281 bits per heavy atom. The number of para-hydroxylation sites is 8. The summed E-state index contributed by atoms with van der Waals surface area (Å²) in [4.78, 5) is 12.4. The summed E-state index contributed by atoms with van der Waals surface area (Å²) in [5, 5.41) is 4.50.